The van der Waals surface area contributed by atoms with Gasteiger partial charge in [-0.2, -0.15) is 0 Å². The van der Waals surface area contributed by atoms with Crippen LogP contribution in [-0.4, -0.2) is 18.0 Å². The molecule has 4 unspecified atom stereocenters. The van der Waals surface area contributed by atoms with Gasteiger partial charge < -0.3 is 14.6 Å². The van der Waals surface area contributed by atoms with Crippen LogP contribution >= 0.6 is 0 Å². The number of benzene rings is 3. The van der Waals surface area contributed by atoms with Crippen molar-refractivity contribution in [2.45, 2.75) is 106 Å². The second kappa shape index (κ2) is 19.3. The van der Waals surface area contributed by atoms with Crippen LogP contribution in [0.15, 0.2) is 78.9 Å². The first-order valence-corrected chi connectivity index (χ1v) is 14.8. The Bertz CT molecular complexity index is 980. The lowest BCUT2D eigenvalue weighted by Crippen LogP contribution is -2.19. The van der Waals surface area contributed by atoms with E-state index in [1.165, 1.54) is 23.1 Å². The minimum atomic E-state index is -0.193. The van der Waals surface area contributed by atoms with E-state index >= 15 is 0 Å². The Balaban J connectivity index is 0.000000311. The van der Waals surface area contributed by atoms with Gasteiger partial charge in [0.15, 0.2) is 6.29 Å². The molecule has 0 aliphatic carbocycles. The Hall–Kier alpha value is -2.78. The smallest absolute Gasteiger partial charge is 0.196 e. The van der Waals surface area contributed by atoms with E-state index in [1.54, 1.807) is 12.1 Å². The quantitative estimate of drug-likeness (QED) is 0.249. The molecule has 0 aliphatic heterocycles. The van der Waals surface area contributed by atoms with Gasteiger partial charge in [-0.15, -0.1) is 0 Å². The monoisotopic (exact) mass is 534 g/mol. The van der Waals surface area contributed by atoms with Crippen LogP contribution in [0.25, 0.3) is 0 Å². The third-order valence-corrected chi connectivity index (χ3v) is 7.08. The highest BCUT2D eigenvalue weighted by atomic mass is 16.7. The van der Waals surface area contributed by atoms with Crippen molar-refractivity contribution in [3.05, 3.63) is 95.6 Å². The Kier molecular flexibility index (Phi) is 17.0. The molecule has 0 fully saturated rings. The van der Waals surface area contributed by atoms with Crippen molar-refractivity contribution in [3.8, 4) is 11.5 Å². The summed E-state index contributed by atoms with van der Waals surface area (Å²) >= 11 is 0. The molecule has 0 aliphatic rings. The predicted octanol–water partition coefficient (Wildman–Crippen LogP) is 10.7. The minimum Gasteiger partial charge on any atom is -0.508 e. The molecule has 0 amide bonds. The zero-order valence-electron chi connectivity index (χ0n) is 26.0. The highest BCUT2D eigenvalue weighted by molar-refractivity contribution is 5.29. The molecular formula is C36H54O3. The average Bonchev–Trinajstić information content (AvgIpc) is 2.96. The molecule has 0 radical (unpaired) electrons. The van der Waals surface area contributed by atoms with E-state index in [2.05, 4.69) is 97.9 Å². The fourth-order valence-corrected chi connectivity index (χ4v) is 3.72. The van der Waals surface area contributed by atoms with E-state index in [4.69, 9.17) is 14.6 Å². The van der Waals surface area contributed by atoms with Crippen LogP contribution in [0.1, 0.15) is 116 Å². The van der Waals surface area contributed by atoms with Gasteiger partial charge >= 0.3 is 0 Å². The second-order valence-electron chi connectivity index (χ2n) is 10.9. The van der Waals surface area contributed by atoms with Crippen molar-refractivity contribution in [3.63, 3.8) is 0 Å². The maximum absolute atomic E-state index is 9.01. The van der Waals surface area contributed by atoms with Crippen LogP contribution in [0.5, 0.6) is 11.5 Å². The summed E-state index contributed by atoms with van der Waals surface area (Å²) in [7, 11) is 0. The minimum absolute atomic E-state index is 0.193. The van der Waals surface area contributed by atoms with Gasteiger partial charge in [0.25, 0.3) is 0 Å². The summed E-state index contributed by atoms with van der Waals surface area (Å²) in [6, 6.07) is 26.4. The summed E-state index contributed by atoms with van der Waals surface area (Å²) in [6.07, 6.45) is 3.34. The van der Waals surface area contributed by atoms with Crippen LogP contribution < -0.4 is 4.74 Å². The molecule has 3 aromatic carbocycles. The highest BCUT2D eigenvalue weighted by Gasteiger charge is 2.07. The molecule has 0 heterocycles. The van der Waals surface area contributed by atoms with E-state index in [1.807, 2.05) is 31.2 Å². The lowest BCUT2D eigenvalue weighted by molar-refractivity contribution is -0.0755. The summed E-state index contributed by atoms with van der Waals surface area (Å²) in [5, 5.41) is 9.01. The number of ether oxygens (including phenoxy) is 2. The molecule has 4 atom stereocenters. The summed E-state index contributed by atoms with van der Waals surface area (Å²) in [5.74, 6) is 3.66. The van der Waals surface area contributed by atoms with E-state index in [0.29, 0.717) is 29.4 Å². The molecule has 0 bridgehead atoms. The third-order valence-electron chi connectivity index (χ3n) is 7.08. The zero-order chi connectivity index (χ0) is 29.2. The maximum Gasteiger partial charge on any atom is 0.196 e. The Morgan fingerprint density at radius 1 is 0.564 bits per heavy atom. The number of hydrogen-bond acceptors (Lipinski definition) is 3. The second-order valence-corrected chi connectivity index (χ2v) is 10.9. The number of rotatable bonds is 11. The average molecular weight is 535 g/mol. The molecule has 3 aromatic rings. The first kappa shape index (κ1) is 34.2. The zero-order valence-corrected chi connectivity index (χ0v) is 26.0. The summed E-state index contributed by atoms with van der Waals surface area (Å²) < 4.78 is 11.3. The van der Waals surface area contributed by atoms with Gasteiger partial charge in [-0.25, -0.2) is 0 Å². The van der Waals surface area contributed by atoms with Crippen molar-refractivity contribution in [1.82, 2.24) is 0 Å². The van der Waals surface area contributed by atoms with Gasteiger partial charge in [0.1, 0.15) is 11.5 Å². The summed E-state index contributed by atoms with van der Waals surface area (Å²) in [5.41, 5.74) is 4.11. The molecule has 216 valence electrons. The summed E-state index contributed by atoms with van der Waals surface area (Å²) in [4.78, 5) is 0. The van der Waals surface area contributed by atoms with Crippen molar-refractivity contribution >= 4 is 0 Å². The lowest BCUT2D eigenvalue weighted by atomic mass is 9.99. The van der Waals surface area contributed by atoms with Crippen LogP contribution in [0, 0.1) is 5.92 Å². The van der Waals surface area contributed by atoms with E-state index in [0.717, 1.165) is 25.2 Å². The molecule has 3 rings (SSSR count). The van der Waals surface area contributed by atoms with E-state index in [-0.39, 0.29) is 6.29 Å². The Labute approximate surface area is 239 Å². The largest absolute Gasteiger partial charge is 0.508 e. The summed E-state index contributed by atoms with van der Waals surface area (Å²) in [6.45, 7) is 20.2. The first-order valence-electron chi connectivity index (χ1n) is 14.8. The van der Waals surface area contributed by atoms with Crippen molar-refractivity contribution in [1.29, 1.82) is 0 Å². The van der Waals surface area contributed by atoms with E-state index in [9.17, 15) is 0 Å². The van der Waals surface area contributed by atoms with Gasteiger partial charge in [-0.3, -0.25) is 0 Å². The van der Waals surface area contributed by atoms with E-state index < -0.39 is 0 Å². The standard InChI is InChI=1S/C16H26O2.C10H14O.C10H14/c1-6-13(4)15-7-9-16(10-8-15)18-14(5)17-11-12(2)3;1-3-8(2)9-4-6-10(11)7-5-9;1-3-9(2)10-7-5-4-6-8-10/h7-10,12-14H,6,11H2,1-5H3;4-8,11H,3H2,1-2H3;4-9H,3H2,1-2H3. The van der Waals surface area contributed by atoms with Gasteiger partial charge in [0.2, 0.25) is 0 Å². The topological polar surface area (TPSA) is 38.7 Å². The molecule has 1 N–H and O–H groups in total. The Morgan fingerprint density at radius 2 is 0.974 bits per heavy atom. The lowest BCUT2D eigenvalue weighted by Gasteiger charge is -2.17. The third kappa shape index (κ3) is 14.3. The molecule has 0 saturated carbocycles. The number of hydrogen-bond donors (Lipinski definition) is 1. The van der Waals surface area contributed by atoms with Crippen molar-refractivity contribution in [2.75, 3.05) is 6.61 Å². The molecule has 0 aromatic heterocycles. The maximum atomic E-state index is 9.01. The van der Waals surface area contributed by atoms with Gasteiger partial charge in [-0.05, 0) is 90.8 Å². The molecule has 3 nitrogen and oxygen atoms in total. The predicted molar refractivity (Wildman–Crippen MR) is 168 cm³/mol. The molecule has 0 spiro atoms. The van der Waals surface area contributed by atoms with Gasteiger partial charge in [-0.1, -0.05) is 110 Å². The molecule has 3 heteroatoms. The number of aromatic hydroxyl groups is 1. The highest BCUT2D eigenvalue weighted by Crippen LogP contribution is 2.23. The molecule has 39 heavy (non-hydrogen) atoms. The van der Waals surface area contributed by atoms with Gasteiger partial charge in [0, 0.05) is 0 Å². The molecule has 0 saturated heterocycles. The number of phenols is 1. The fourth-order valence-electron chi connectivity index (χ4n) is 3.72. The molecular weight excluding hydrogens is 480 g/mol. The fraction of sp³-hybridized carbons (Fsp3) is 0.500. The van der Waals surface area contributed by atoms with Crippen LogP contribution in [0.3, 0.4) is 0 Å². The van der Waals surface area contributed by atoms with Crippen molar-refractivity contribution in [2.24, 2.45) is 5.92 Å². The van der Waals surface area contributed by atoms with Crippen molar-refractivity contribution < 1.29 is 14.6 Å². The number of phenolic OH excluding ortho intramolecular Hbond substituents is 1. The normalized spacial score (nSPS) is 13.7. The first-order chi connectivity index (χ1) is 18.6. The SMILES string of the molecule is CCC(C)c1ccc(O)cc1.CCC(C)c1ccc(OC(C)OCC(C)C)cc1.CCC(C)c1ccccc1. The van der Waals surface area contributed by atoms with Crippen LogP contribution in [0.2, 0.25) is 0 Å². The van der Waals surface area contributed by atoms with Gasteiger partial charge in [0.05, 0.1) is 6.61 Å². The van der Waals surface area contributed by atoms with Crippen LogP contribution in [-0.2, 0) is 4.74 Å². The Morgan fingerprint density at radius 3 is 1.38 bits per heavy atom. The van der Waals surface area contributed by atoms with Crippen LogP contribution in [0.4, 0.5) is 0 Å².